The number of benzene rings is 1. The highest BCUT2D eigenvalue weighted by Crippen LogP contribution is 2.57. The van der Waals surface area contributed by atoms with Gasteiger partial charge in [-0.3, -0.25) is 14.3 Å². The van der Waals surface area contributed by atoms with Crippen molar-refractivity contribution in [1.82, 2.24) is 9.36 Å². The molecule has 5 aliphatic carbocycles. The van der Waals surface area contributed by atoms with Crippen LogP contribution in [0.1, 0.15) is 103 Å². The van der Waals surface area contributed by atoms with Crippen molar-refractivity contribution in [2.24, 2.45) is 24.8 Å². The van der Waals surface area contributed by atoms with Crippen LogP contribution in [0.25, 0.3) is 0 Å². The van der Waals surface area contributed by atoms with Gasteiger partial charge in [0, 0.05) is 12.7 Å². The highest BCUT2D eigenvalue weighted by Gasteiger charge is 2.52. The molecule has 0 unspecified atom stereocenters. The van der Waals surface area contributed by atoms with E-state index in [9.17, 15) is 19.5 Å². The van der Waals surface area contributed by atoms with Crippen LogP contribution in [0.4, 0.5) is 5.69 Å². The van der Waals surface area contributed by atoms with Crippen LogP contribution in [-0.4, -0.2) is 31.9 Å². The molecule has 2 N–H and O–H groups in total. The van der Waals surface area contributed by atoms with E-state index in [1.807, 2.05) is 11.7 Å². The fraction of sp³-hybridized carbons (Fsp3) is 0.621. The lowest BCUT2D eigenvalue weighted by atomic mass is 9.54. The quantitative estimate of drug-likeness (QED) is 0.541. The predicted octanol–water partition coefficient (Wildman–Crippen LogP) is 5.13. The van der Waals surface area contributed by atoms with Crippen molar-refractivity contribution in [3.8, 4) is 0 Å². The van der Waals surface area contributed by atoms with Crippen LogP contribution in [0.3, 0.4) is 0 Å². The average Bonchev–Trinajstić information content (AvgIpc) is 3.11. The molecule has 4 bridgehead atoms. The van der Waals surface area contributed by atoms with Gasteiger partial charge in [0.2, 0.25) is 0 Å². The summed E-state index contributed by atoms with van der Waals surface area (Å²) in [5.41, 5.74) is 0.727. The van der Waals surface area contributed by atoms with E-state index < -0.39 is 11.9 Å². The van der Waals surface area contributed by atoms with E-state index in [1.165, 1.54) is 37.8 Å². The summed E-state index contributed by atoms with van der Waals surface area (Å²) in [6.07, 6.45) is 12.4. The van der Waals surface area contributed by atoms with Crippen molar-refractivity contribution < 1.29 is 19.4 Å². The lowest BCUT2D eigenvalue weighted by Gasteiger charge is -2.56. The summed E-state index contributed by atoms with van der Waals surface area (Å²) in [7, 11) is 1.87. The van der Waals surface area contributed by atoms with E-state index in [1.54, 1.807) is 16.8 Å². The molecule has 1 aromatic carbocycles. The molecule has 37 heavy (non-hydrogen) atoms. The minimum absolute atomic E-state index is 0.0708. The third-order valence-electron chi connectivity index (χ3n) is 9.44. The van der Waals surface area contributed by atoms with Crippen LogP contribution < -0.4 is 10.9 Å². The Kier molecular flexibility index (Phi) is 6.25. The summed E-state index contributed by atoms with van der Waals surface area (Å²) in [6, 6.07) is 6.18. The summed E-state index contributed by atoms with van der Waals surface area (Å²) in [5, 5.41) is 12.1. The molecule has 0 saturated heterocycles. The summed E-state index contributed by atoms with van der Waals surface area (Å²) in [6.45, 7) is 0.232. The van der Waals surface area contributed by atoms with Gasteiger partial charge in [-0.05, 0) is 87.3 Å². The van der Waals surface area contributed by atoms with Gasteiger partial charge in [-0.1, -0.05) is 25.3 Å². The molecule has 0 spiro atoms. The zero-order chi connectivity index (χ0) is 25.7. The van der Waals surface area contributed by atoms with E-state index in [0.717, 1.165) is 62.7 Å². The molecule has 7 rings (SSSR count). The number of carboxylic acid groups (broad SMARTS) is 1. The second-order valence-corrected chi connectivity index (χ2v) is 12.0. The Hall–Kier alpha value is -2.87. The van der Waals surface area contributed by atoms with Crippen molar-refractivity contribution in [2.45, 2.75) is 88.9 Å². The summed E-state index contributed by atoms with van der Waals surface area (Å²) < 4.78 is 10.4. The zero-order valence-electron chi connectivity index (χ0n) is 21.6. The lowest BCUT2D eigenvalue weighted by Crippen LogP contribution is -2.52. The van der Waals surface area contributed by atoms with Gasteiger partial charge in [0.15, 0.2) is 0 Å². The van der Waals surface area contributed by atoms with Crippen LogP contribution in [0, 0.1) is 17.8 Å². The minimum Gasteiger partial charge on any atom is -0.478 e. The number of anilines is 1. The number of hydrogen-bond donors (Lipinski definition) is 2. The molecule has 1 heterocycles. The zero-order valence-corrected chi connectivity index (χ0v) is 21.6. The first-order valence-electron chi connectivity index (χ1n) is 13.9. The first-order valence-corrected chi connectivity index (χ1v) is 13.9. The molecule has 5 saturated carbocycles. The first-order chi connectivity index (χ1) is 17.8. The number of carbonyl (C=O) groups excluding carboxylic acids is 1. The van der Waals surface area contributed by atoms with Crippen molar-refractivity contribution in [2.75, 3.05) is 5.32 Å². The monoisotopic (exact) mass is 507 g/mol. The fourth-order valence-corrected chi connectivity index (χ4v) is 8.15. The van der Waals surface area contributed by atoms with Crippen molar-refractivity contribution in [3.05, 3.63) is 51.4 Å². The van der Waals surface area contributed by atoms with E-state index >= 15 is 0 Å². The molecule has 2 aromatic rings. The molecular formula is C29H37N3O5. The number of rotatable bonds is 7. The molecule has 8 nitrogen and oxygen atoms in total. The molecule has 0 aliphatic heterocycles. The van der Waals surface area contributed by atoms with E-state index in [0.29, 0.717) is 11.4 Å². The van der Waals surface area contributed by atoms with Gasteiger partial charge in [0.05, 0.1) is 29.5 Å². The molecule has 0 atom stereocenters. The van der Waals surface area contributed by atoms with Crippen LogP contribution >= 0.6 is 0 Å². The average molecular weight is 508 g/mol. The summed E-state index contributed by atoms with van der Waals surface area (Å²) in [4.78, 5) is 38.7. The first kappa shape index (κ1) is 24.5. The summed E-state index contributed by atoms with van der Waals surface area (Å²) >= 11 is 0. The number of ether oxygens (including phenoxy) is 1. The molecule has 1 aromatic heterocycles. The largest absolute Gasteiger partial charge is 0.478 e. The van der Waals surface area contributed by atoms with Gasteiger partial charge in [0.1, 0.15) is 5.56 Å². The van der Waals surface area contributed by atoms with E-state index in [-0.39, 0.29) is 34.9 Å². The lowest BCUT2D eigenvalue weighted by molar-refractivity contribution is -0.169. The van der Waals surface area contributed by atoms with Crippen molar-refractivity contribution in [1.29, 1.82) is 0 Å². The molecular weight excluding hydrogens is 470 g/mol. The Morgan fingerprint density at radius 3 is 2.32 bits per heavy atom. The highest BCUT2D eigenvalue weighted by molar-refractivity contribution is 6.05. The Morgan fingerprint density at radius 1 is 1.05 bits per heavy atom. The maximum atomic E-state index is 13.8. The molecule has 5 fully saturated rings. The number of amides is 1. The Labute approximate surface area is 217 Å². The Morgan fingerprint density at radius 2 is 1.70 bits per heavy atom. The molecule has 198 valence electrons. The number of aromatic nitrogens is 2. The van der Waals surface area contributed by atoms with Crippen LogP contribution in [0.2, 0.25) is 0 Å². The number of nitrogens with zero attached hydrogens (tertiary/aromatic N) is 2. The van der Waals surface area contributed by atoms with Gasteiger partial charge in [0.25, 0.3) is 11.5 Å². The van der Waals surface area contributed by atoms with Crippen molar-refractivity contribution in [3.63, 3.8) is 0 Å². The second kappa shape index (κ2) is 9.46. The van der Waals surface area contributed by atoms with E-state index in [2.05, 4.69) is 5.32 Å². The molecule has 1 amide bonds. The van der Waals surface area contributed by atoms with Crippen LogP contribution in [0.15, 0.2) is 29.1 Å². The van der Waals surface area contributed by atoms with Gasteiger partial charge in [-0.2, -0.15) is 0 Å². The standard InChI is InChI=1S/C29H37N3O5/c1-31-24(17-37-29-14-18-10-19(15-29)12-20(11-18)16-29)25(27(34)32(31)23-8-3-2-4-9-23)26(33)30-22-7-5-6-21(13-22)28(35)36/h5-7,13,18-20,23H,2-4,8-12,14-17H2,1H3,(H,30,33)(H,35,36). The third kappa shape index (κ3) is 4.54. The van der Waals surface area contributed by atoms with Crippen LogP contribution in [0.5, 0.6) is 0 Å². The smallest absolute Gasteiger partial charge is 0.335 e. The van der Waals surface area contributed by atoms with Gasteiger partial charge in [-0.25, -0.2) is 9.48 Å². The fourth-order valence-electron chi connectivity index (χ4n) is 8.15. The van der Waals surface area contributed by atoms with Gasteiger partial charge in [-0.15, -0.1) is 0 Å². The number of carbonyl (C=O) groups is 2. The number of nitrogens with one attached hydrogen (secondary N) is 1. The number of aromatic carboxylic acids is 1. The van der Waals surface area contributed by atoms with Crippen molar-refractivity contribution >= 4 is 17.6 Å². The van der Waals surface area contributed by atoms with Crippen LogP contribution in [-0.2, 0) is 18.4 Å². The Balaban J connectivity index is 1.32. The topological polar surface area (TPSA) is 103 Å². The van der Waals surface area contributed by atoms with Gasteiger partial charge < -0.3 is 15.2 Å². The molecule has 5 aliphatic rings. The Bertz CT molecular complexity index is 1230. The number of hydrogen-bond acceptors (Lipinski definition) is 4. The molecule has 8 heteroatoms. The second-order valence-electron chi connectivity index (χ2n) is 12.0. The van der Waals surface area contributed by atoms with E-state index in [4.69, 9.17) is 4.74 Å². The minimum atomic E-state index is -1.07. The normalized spacial score (nSPS) is 28.9. The maximum absolute atomic E-state index is 13.8. The highest BCUT2D eigenvalue weighted by atomic mass is 16.5. The third-order valence-corrected chi connectivity index (χ3v) is 9.44. The van der Waals surface area contributed by atoms with Gasteiger partial charge >= 0.3 is 5.97 Å². The maximum Gasteiger partial charge on any atom is 0.335 e. The summed E-state index contributed by atoms with van der Waals surface area (Å²) in [5.74, 6) is 0.644. The number of carboxylic acids is 1. The predicted molar refractivity (Wildman–Crippen MR) is 139 cm³/mol. The molecule has 0 radical (unpaired) electrons. The SMILES string of the molecule is Cn1c(COC23CC4CC(CC(C4)C2)C3)c(C(=O)Nc2cccc(C(=O)O)c2)c(=O)n1C1CCCCC1.